The summed E-state index contributed by atoms with van der Waals surface area (Å²) in [5.41, 5.74) is 0.991. The number of morpholine rings is 1. The molecule has 0 spiro atoms. The first-order valence-electron chi connectivity index (χ1n) is 5.77. The van der Waals surface area contributed by atoms with Crippen LogP contribution in [0.1, 0.15) is 12.5 Å². The van der Waals surface area contributed by atoms with Crippen LogP contribution in [0.2, 0.25) is 0 Å². The van der Waals surface area contributed by atoms with Crippen molar-refractivity contribution in [1.82, 2.24) is 20.4 Å². The van der Waals surface area contributed by atoms with Crippen LogP contribution in [0.25, 0.3) is 0 Å². The number of hydrogen-bond donors (Lipinski definition) is 2. The number of aromatic nitrogens is 2. The zero-order valence-electron chi connectivity index (χ0n) is 10.1. The lowest BCUT2D eigenvalue weighted by Gasteiger charge is -2.29. The van der Waals surface area contributed by atoms with Crippen molar-refractivity contribution in [1.29, 1.82) is 0 Å². The summed E-state index contributed by atoms with van der Waals surface area (Å²) >= 11 is 0. The minimum Gasteiger partial charge on any atom is -0.375 e. The van der Waals surface area contributed by atoms with Gasteiger partial charge in [0.05, 0.1) is 18.9 Å². The van der Waals surface area contributed by atoms with Gasteiger partial charge in [0.25, 0.3) is 0 Å². The second-order valence-electron chi connectivity index (χ2n) is 4.25. The van der Waals surface area contributed by atoms with Gasteiger partial charge >= 0.3 is 0 Å². The number of carbonyl (C=O) groups excluding carboxylic acids is 1. The third-order valence-electron chi connectivity index (χ3n) is 2.82. The van der Waals surface area contributed by atoms with Gasteiger partial charge in [0, 0.05) is 31.9 Å². The number of rotatable bonds is 3. The van der Waals surface area contributed by atoms with Crippen LogP contribution >= 0.6 is 0 Å². The Morgan fingerprint density at radius 3 is 3.24 bits per heavy atom. The van der Waals surface area contributed by atoms with Gasteiger partial charge in [0.1, 0.15) is 6.04 Å². The fourth-order valence-corrected chi connectivity index (χ4v) is 1.89. The fourth-order valence-electron chi connectivity index (χ4n) is 1.89. The number of nitrogens with one attached hydrogen (secondary N) is 2. The molecule has 0 bridgehead atoms. The number of nitrogens with zero attached hydrogens (tertiary/aromatic N) is 2. The predicted octanol–water partition coefficient (Wildman–Crippen LogP) is -0.587. The quantitative estimate of drug-likeness (QED) is 0.739. The largest absolute Gasteiger partial charge is 0.375 e. The molecule has 17 heavy (non-hydrogen) atoms. The van der Waals surface area contributed by atoms with Gasteiger partial charge < -0.3 is 15.4 Å². The average molecular weight is 238 g/mol. The summed E-state index contributed by atoms with van der Waals surface area (Å²) in [5.74, 6) is -0.0268. The van der Waals surface area contributed by atoms with Gasteiger partial charge in [0.2, 0.25) is 5.91 Å². The van der Waals surface area contributed by atoms with Crippen molar-refractivity contribution >= 4 is 5.91 Å². The molecule has 1 amide bonds. The van der Waals surface area contributed by atoms with Crippen LogP contribution in [-0.4, -0.2) is 41.0 Å². The zero-order chi connectivity index (χ0) is 12.3. The van der Waals surface area contributed by atoms with Crippen LogP contribution in [0.5, 0.6) is 0 Å². The molecule has 94 valence electrons. The van der Waals surface area contributed by atoms with E-state index in [0.29, 0.717) is 13.2 Å². The van der Waals surface area contributed by atoms with Crippen molar-refractivity contribution in [3.05, 3.63) is 18.0 Å². The van der Waals surface area contributed by atoms with Crippen molar-refractivity contribution in [3.8, 4) is 0 Å². The molecule has 0 aliphatic carbocycles. The standard InChI is InChI=1S/C11H18N4O2/c1-8-10(12-3-4-17-8)11(16)13-5-9-6-14-15(2)7-9/h6-8,10,12H,3-5H2,1-2H3,(H,13,16)/t8-,10+/m1/s1. The third-order valence-corrected chi connectivity index (χ3v) is 2.82. The Morgan fingerprint density at radius 1 is 1.76 bits per heavy atom. The van der Waals surface area contributed by atoms with E-state index in [2.05, 4.69) is 15.7 Å². The minimum absolute atomic E-state index is 0.0268. The highest BCUT2D eigenvalue weighted by Gasteiger charge is 2.27. The van der Waals surface area contributed by atoms with E-state index in [1.54, 1.807) is 10.9 Å². The topological polar surface area (TPSA) is 68.2 Å². The summed E-state index contributed by atoms with van der Waals surface area (Å²) in [5, 5.41) is 10.1. The van der Waals surface area contributed by atoms with Crippen molar-refractivity contribution < 1.29 is 9.53 Å². The van der Waals surface area contributed by atoms with E-state index >= 15 is 0 Å². The van der Waals surface area contributed by atoms with Crippen molar-refractivity contribution in [2.24, 2.45) is 7.05 Å². The molecule has 2 atom stereocenters. The van der Waals surface area contributed by atoms with Gasteiger partial charge in [-0.2, -0.15) is 5.10 Å². The fraction of sp³-hybridized carbons (Fsp3) is 0.636. The third kappa shape index (κ3) is 3.04. The second kappa shape index (κ2) is 5.29. The Kier molecular flexibility index (Phi) is 3.75. The molecule has 0 aromatic carbocycles. The van der Waals surface area contributed by atoms with Crippen molar-refractivity contribution in [2.45, 2.75) is 25.6 Å². The van der Waals surface area contributed by atoms with Crippen LogP contribution in [0.4, 0.5) is 0 Å². The van der Waals surface area contributed by atoms with Crippen LogP contribution in [0, 0.1) is 0 Å². The highest BCUT2D eigenvalue weighted by atomic mass is 16.5. The lowest BCUT2D eigenvalue weighted by molar-refractivity contribution is -0.129. The minimum atomic E-state index is -0.263. The van der Waals surface area contributed by atoms with Gasteiger partial charge in [-0.3, -0.25) is 9.48 Å². The maximum atomic E-state index is 11.9. The summed E-state index contributed by atoms with van der Waals surface area (Å²) in [6, 6.07) is -0.263. The molecule has 0 radical (unpaired) electrons. The molecule has 1 aromatic rings. The lowest BCUT2D eigenvalue weighted by Crippen LogP contribution is -2.55. The maximum absolute atomic E-state index is 11.9. The van der Waals surface area contributed by atoms with E-state index in [1.807, 2.05) is 20.2 Å². The smallest absolute Gasteiger partial charge is 0.240 e. The van der Waals surface area contributed by atoms with Crippen LogP contribution in [-0.2, 0) is 23.1 Å². The summed E-state index contributed by atoms with van der Waals surface area (Å²) < 4.78 is 7.14. The van der Waals surface area contributed by atoms with Crippen LogP contribution in [0.15, 0.2) is 12.4 Å². The number of ether oxygens (including phenoxy) is 1. The number of aryl methyl sites for hydroxylation is 1. The van der Waals surface area contributed by atoms with Crippen LogP contribution in [0.3, 0.4) is 0 Å². The normalized spacial score (nSPS) is 24.6. The molecule has 1 saturated heterocycles. The molecule has 2 N–H and O–H groups in total. The van der Waals surface area contributed by atoms with Gasteiger partial charge in [-0.05, 0) is 6.92 Å². The average Bonchev–Trinajstić information content (AvgIpc) is 2.73. The molecule has 1 fully saturated rings. The monoisotopic (exact) mass is 238 g/mol. The van der Waals surface area contributed by atoms with E-state index in [9.17, 15) is 4.79 Å². The maximum Gasteiger partial charge on any atom is 0.240 e. The second-order valence-corrected chi connectivity index (χ2v) is 4.25. The predicted molar refractivity (Wildman–Crippen MR) is 62.3 cm³/mol. The van der Waals surface area contributed by atoms with E-state index in [1.165, 1.54) is 0 Å². The van der Waals surface area contributed by atoms with E-state index in [-0.39, 0.29) is 18.1 Å². The Bertz CT molecular complexity index is 391. The Labute approximate surface area is 100 Å². The summed E-state index contributed by atoms with van der Waals surface area (Å²) in [6.07, 6.45) is 3.54. The summed E-state index contributed by atoms with van der Waals surface area (Å²) in [7, 11) is 1.85. The van der Waals surface area contributed by atoms with Crippen molar-refractivity contribution in [3.63, 3.8) is 0 Å². The highest BCUT2D eigenvalue weighted by Crippen LogP contribution is 2.04. The first-order valence-corrected chi connectivity index (χ1v) is 5.77. The molecule has 2 rings (SSSR count). The van der Waals surface area contributed by atoms with Crippen molar-refractivity contribution in [2.75, 3.05) is 13.2 Å². The molecule has 0 saturated carbocycles. The molecular weight excluding hydrogens is 220 g/mol. The van der Waals surface area contributed by atoms with E-state index < -0.39 is 0 Å². The Hall–Kier alpha value is -1.40. The number of carbonyl (C=O) groups is 1. The first kappa shape index (κ1) is 12.1. The van der Waals surface area contributed by atoms with Gasteiger partial charge in [0.15, 0.2) is 0 Å². The molecule has 1 aliphatic heterocycles. The summed E-state index contributed by atoms with van der Waals surface area (Å²) in [6.45, 7) is 3.78. The molecule has 2 heterocycles. The summed E-state index contributed by atoms with van der Waals surface area (Å²) in [4.78, 5) is 11.9. The van der Waals surface area contributed by atoms with Gasteiger partial charge in [-0.15, -0.1) is 0 Å². The van der Waals surface area contributed by atoms with E-state index in [4.69, 9.17) is 4.74 Å². The molecule has 1 aliphatic rings. The Morgan fingerprint density at radius 2 is 2.59 bits per heavy atom. The van der Waals surface area contributed by atoms with Crippen LogP contribution < -0.4 is 10.6 Å². The van der Waals surface area contributed by atoms with E-state index in [0.717, 1.165) is 12.1 Å². The molecular formula is C11H18N4O2. The number of hydrogen-bond acceptors (Lipinski definition) is 4. The zero-order valence-corrected chi connectivity index (χ0v) is 10.1. The SMILES string of the molecule is C[C@H]1OCCN[C@@H]1C(=O)NCc1cnn(C)c1. The molecule has 6 nitrogen and oxygen atoms in total. The molecule has 1 aromatic heterocycles. The van der Waals surface area contributed by atoms with Gasteiger partial charge in [-0.1, -0.05) is 0 Å². The molecule has 6 heteroatoms. The highest BCUT2D eigenvalue weighted by molar-refractivity contribution is 5.82. The van der Waals surface area contributed by atoms with Gasteiger partial charge in [-0.25, -0.2) is 0 Å². The molecule has 0 unspecified atom stereocenters. The first-order chi connectivity index (χ1) is 8.16. The Balaban J connectivity index is 1.84. The number of amides is 1. The lowest BCUT2D eigenvalue weighted by atomic mass is 10.1.